The molecule has 0 aliphatic heterocycles. The van der Waals surface area contributed by atoms with Gasteiger partial charge in [0.25, 0.3) is 0 Å². The van der Waals surface area contributed by atoms with Crippen molar-refractivity contribution in [3.63, 3.8) is 0 Å². The number of carbonyl (C=O) groups excluding carboxylic acids is 3. The van der Waals surface area contributed by atoms with E-state index in [-0.39, 0.29) is 18.5 Å². The number of aryl methyl sites for hydroxylation is 1. The number of hydrogen-bond donors (Lipinski definition) is 4. The maximum absolute atomic E-state index is 13.5. The first-order valence-corrected chi connectivity index (χ1v) is 11.9. The molecule has 1 saturated carbocycles. The third-order valence-electron chi connectivity index (χ3n) is 5.79. The molecule has 0 bridgehead atoms. The number of aliphatic hydroxyl groups is 2. The molecule has 2 rings (SSSR count). The summed E-state index contributed by atoms with van der Waals surface area (Å²) in [5.74, 6) is -1.04. The number of carbonyl (C=O) groups is 3. The Bertz CT molecular complexity index is 832. The average Bonchev–Trinajstić information content (AvgIpc) is 2.77. The molecule has 2 unspecified atom stereocenters. The van der Waals surface area contributed by atoms with Gasteiger partial charge in [0.05, 0.1) is 13.2 Å². The minimum Gasteiger partial charge on any atom is -0.444 e. The Hall–Kier alpha value is -2.65. The van der Waals surface area contributed by atoms with E-state index in [9.17, 15) is 24.6 Å². The van der Waals surface area contributed by atoms with Gasteiger partial charge in [-0.15, -0.1) is 0 Å². The molecule has 3 amide bonds. The summed E-state index contributed by atoms with van der Waals surface area (Å²) in [6, 6.07) is 4.90. The molecule has 1 aliphatic carbocycles. The van der Waals surface area contributed by atoms with E-state index in [1.807, 2.05) is 19.1 Å². The van der Waals surface area contributed by atoms with E-state index in [0.29, 0.717) is 5.56 Å². The van der Waals surface area contributed by atoms with Crippen LogP contribution >= 0.6 is 0 Å². The lowest BCUT2D eigenvalue weighted by Gasteiger charge is -2.35. The van der Waals surface area contributed by atoms with Crippen molar-refractivity contribution in [1.29, 1.82) is 0 Å². The molecule has 0 aromatic heterocycles. The number of alkyl carbamates (subject to hydrolysis) is 1. The fourth-order valence-corrected chi connectivity index (χ4v) is 4.18. The van der Waals surface area contributed by atoms with E-state index in [4.69, 9.17) is 4.74 Å². The molecule has 1 fully saturated rings. The smallest absolute Gasteiger partial charge is 0.408 e. The van der Waals surface area contributed by atoms with Gasteiger partial charge in [0, 0.05) is 12.6 Å². The summed E-state index contributed by atoms with van der Waals surface area (Å²) in [5, 5.41) is 25.1. The monoisotopic (exact) mass is 477 g/mol. The van der Waals surface area contributed by atoms with Gasteiger partial charge in [0.2, 0.25) is 11.8 Å². The number of rotatable bonds is 9. The molecule has 2 atom stereocenters. The maximum atomic E-state index is 13.5. The van der Waals surface area contributed by atoms with Crippen LogP contribution in [-0.2, 0) is 14.3 Å². The summed E-state index contributed by atoms with van der Waals surface area (Å²) in [5.41, 5.74) is 0.635. The Labute approximate surface area is 201 Å². The van der Waals surface area contributed by atoms with Crippen LogP contribution in [0, 0.1) is 6.92 Å². The van der Waals surface area contributed by atoms with E-state index in [1.165, 1.54) is 4.90 Å². The van der Waals surface area contributed by atoms with Gasteiger partial charge in [-0.05, 0) is 51.7 Å². The quantitative estimate of drug-likeness (QED) is 0.432. The van der Waals surface area contributed by atoms with Crippen molar-refractivity contribution in [2.75, 3.05) is 19.8 Å². The van der Waals surface area contributed by atoms with Gasteiger partial charge in [0.15, 0.2) is 0 Å². The highest BCUT2D eigenvalue weighted by atomic mass is 16.6. The number of amides is 3. The van der Waals surface area contributed by atoms with E-state index in [1.54, 1.807) is 32.9 Å². The highest BCUT2D eigenvalue weighted by Crippen LogP contribution is 2.27. The zero-order chi connectivity index (χ0) is 25.3. The Morgan fingerprint density at radius 1 is 1.12 bits per heavy atom. The summed E-state index contributed by atoms with van der Waals surface area (Å²) < 4.78 is 5.21. The molecule has 1 aromatic carbocycles. The third-order valence-corrected chi connectivity index (χ3v) is 5.79. The normalized spacial score (nSPS) is 16.3. The first kappa shape index (κ1) is 27.6. The third kappa shape index (κ3) is 7.99. The molecule has 1 aromatic rings. The molecular formula is C25H39N3O6. The van der Waals surface area contributed by atoms with Crippen molar-refractivity contribution in [2.45, 2.75) is 83.5 Å². The summed E-state index contributed by atoms with van der Waals surface area (Å²) in [6.45, 7) is 5.67. The summed E-state index contributed by atoms with van der Waals surface area (Å²) >= 11 is 0. The molecule has 4 N–H and O–H groups in total. The molecule has 0 saturated heterocycles. The molecule has 1 aliphatic rings. The van der Waals surface area contributed by atoms with Gasteiger partial charge in [-0.25, -0.2) is 4.79 Å². The zero-order valence-corrected chi connectivity index (χ0v) is 20.7. The first-order chi connectivity index (χ1) is 16.1. The van der Waals surface area contributed by atoms with E-state index in [0.717, 1.165) is 37.7 Å². The largest absolute Gasteiger partial charge is 0.444 e. The SMILES string of the molecule is Cc1ccccc1C(C(=O)NC1CCCCC1)N(CCO)C(=O)C(CO)NC(=O)OC(C)(C)C. The van der Waals surface area contributed by atoms with Crippen molar-refractivity contribution in [2.24, 2.45) is 0 Å². The minimum absolute atomic E-state index is 0.0207. The Morgan fingerprint density at radius 2 is 1.76 bits per heavy atom. The van der Waals surface area contributed by atoms with Crippen molar-refractivity contribution >= 4 is 17.9 Å². The van der Waals surface area contributed by atoms with Crippen LogP contribution in [-0.4, -0.2) is 70.5 Å². The van der Waals surface area contributed by atoms with Gasteiger partial charge in [-0.1, -0.05) is 43.5 Å². The van der Waals surface area contributed by atoms with Crippen LogP contribution in [0.2, 0.25) is 0 Å². The van der Waals surface area contributed by atoms with Crippen molar-refractivity contribution < 1.29 is 29.3 Å². The lowest BCUT2D eigenvalue weighted by molar-refractivity contribution is -0.144. The molecule has 34 heavy (non-hydrogen) atoms. The van der Waals surface area contributed by atoms with E-state index < -0.39 is 42.9 Å². The number of nitrogens with one attached hydrogen (secondary N) is 2. The highest BCUT2D eigenvalue weighted by molar-refractivity contribution is 5.92. The highest BCUT2D eigenvalue weighted by Gasteiger charge is 2.37. The van der Waals surface area contributed by atoms with Gasteiger partial charge in [0.1, 0.15) is 17.7 Å². The van der Waals surface area contributed by atoms with Crippen LogP contribution in [0.1, 0.15) is 70.0 Å². The lowest BCUT2D eigenvalue weighted by Crippen LogP contribution is -2.55. The molecule has 0 heterocycles. The second-order valence-corrected chi connectivity index (χ2v) is 9.74. The van der Waals surface area contributed by atoms with Crippen LogP contribution in [0.4, 0.5) is 4.79 Å². The van der Waals surface area contributed by atoms with Gasteiger partial charge >= 0.3 is 6.09 Å². The van der Waals surface area contributed by atoms with Gasteiger partial charge < -0.3 is 30.5 Å². The molecular weight excluding hydrogens is 438 g/mol. The summed E-state index contributed by atoms with van der Waals surface area (Å²) in [4.78, 5) is 40.5. The topological polar surface area (TPSA) is 128 Å². The van der Waals surface area contributed by atoms with E-state index in [2.05, 4.69) is 10.6 Å². The van der Waals surface area contributed by atoms with Gasteiger partial charge in [-0.2, -0.15) is 0 Å². The Morgan fingerprint density at radius 3 is 2.32 bits per heavy atom. The summed E-state index contributed by atoms with van der Waals surface area (Å²) in [6.07, 6.45) is 4.09. The standard InChI is InChI=1S/C25H39N3O6/c1-17-10-8-9-13-19(17)21(22(31)26-18-11-6-5-7-12-18)28(14-15-29)23(32)20(16-30)27-24(33)34-25(2,3)4/h8-10,13,18,20-21,29-30H,5-7,11-12,14-16H2,1-4H3,(H,26,31)(H,27,33). The van der Waals surface area contributed by atoms with Crippen molar-refractivity contribution in [3.8, 4) is 0 Å². The predicted octanol–water partition coefficient (Wildman–Crippen LogP) is 2.19. The molecule has 9 heteroatoms. The second kappa shape index (κ2) is 12.7. The van der Waals surface area contributed by atoms with Gasteiger partial charge in [-0.3, -0.25) is 9.59 Å². The minimum atomic E-state index is -1.34. The van der Waals surface area contributed by atoms with E-state index >= 15 is 0 Å². The lowest BCUT2D eigenvalue weighted by atomic mass is 9.94. The second-order valence-electron chi connectivity index (χ2n) is 9.74. The maximum Gasteiger partial charge on any atom is 0.408 e. The Balaban J connectivity index is 2.36. The molecule has 190 valence electrons. The average molecular weight is 478 g/mol. The van der Waals surface area contributed by atoms with Crippen LogP contribution in [0.5, 0.6) is 0 Å². The first-order valence-electron chi connectivity index (χ1n) is 11.9. The number of benzene rings is 1. The molecule has 9 nitrogen and oxygen atoms in total. The van der Waals surface area contributed by atoms with Crippen molar-refractivity contribution in [3.05, 3.63) is 35.4 Å². The van der Waals surface area contributed by atoms with Crippen LogP contribution in [0.15, 0.2) is 24.3 Å². The predicted molar refractivity (Wildman–Crippen MR) is 128 cm³/mol. The Kier molecular flexibility index (Phi) is 10.3. The van der Waals surface area contributed by atoms with Crippen molar-refractivity contribution in [1.82, 2.24) is 15.5 Å². The van der Waals surface area contributed by atoms with Crippen LogP contribution < -0.4 is 10.6 Å². The zero-order valence-electron chi connectivity index (χ0n) is 20.7. The van der Waals surface area contributed by atoms with Crippen LogP contribution in [0.3, 0.4) is 0 Å². The molecule has 0 radical (unpaired) electrons. The fourth-order valence-electron chi connectivity index (χ4n) is 4.18. The number of ether oxygens (including phenoxy) is 1. The summed E-state index contributed by atoms with van der Waals surface area (Å²) in [7, 11) is 0. The fraction of sp³-hybridized carbons (Fsp3) is 0.640. The molecule has 0 spiro atoms. The van der Waals surface area contributed by atoms with Crippen LogP contribution in [0.25, 0.3) is 0 Å². The number of hydrogen-bond acceptors (Lipinski definition) is 6. The number of aliphatic hydroxyl groups excluding tert-OH is 2. The number of nitrogens with zero attached hydrogens (tertiary/aromatic N) is 1.